The number of likely N-dealkylation sites (N-methyl/N-ethyl adjacent to an activating group) is 1. The molecule has 0 aliphatic heterocycles. The van der Waals surface area contributed by atoms with E-state index in [-0.39, 0.29) is 0 Å². The Balaban J connectivity index is 2.52. The molecule has 1 amide bonds. The topological polar surface area (TPSA) is 75.3 Å². The normalized spacial score (nSPS) is 14.2. The first-order chi connectivity index (χ1) is 7.65. The number of aliphatic hydroxyl groups excluding tert-OH is 1. The molecular formula is C12H18N2O2. The third-order valence-electron chi connectivity index (χ3n) is 2.34. The lowest BCUT2D eigenvalue weighted by Gasteiger charge is -2.17. The van der Waals surface area contributed by atoms with Crippen molar-refractivity contribution in [1.29, 1.82) is 0 Å². The fraction of sp³-hybridized carbons (Fsp3) is 0.417. The summed E-state index contributed by atoms with van der Waals surface area (Å²) in [4.78, 5) is 11.3. The Hall–Kier alpha value is -1.39. The van der Waals surface area contributed by atoms with Crippen LogP contribution in [0.2, 0.25) is 0 Å². The molecule has 0 spiro atoms. The number of aliphatic hydroxyl groups is 1. The molecule has 1 aromatic rings. The molecule has 0 saturated carbocycles. The number of amides is 1. The van der Waals surface area contributed by atoms with E-state index in [1.165, 1.54) is 0 Å². The smallest absolute Gasteiger partial charge is 0.250 e. The molecule has 0 aliphatic rings. The summed E-state index contributed by atoms with van der Waals surface area (Å²) in [7, 11) is 0. The van der Waals surface area contributed by atoms with E-state index >= 15 is 0 Å². The van der Waals surface area contributed by atoms with Gasteiger partial charge >= 0.3 is 0 Å². The highest BCUT2D eigenvalue weighted by Gasteiger charge is 2.22. The van der Waals surface area contributed by atoms with Gasteiger partial charge in [-0.1, -0.05) is 30.3 Å². The minimum absolute atomic E-state index is 0.411. The van der Waals surface area contributed by atoms with Gasteiger partial charge < -0.3 is 16.2 Å². The Morgan fingerprint density at radius 2 is 2.06 bits per heavy atom. The number of hydrogen-bond donors (Lipinski definition) is 3. The van der Waals surface area contributed by atoms with E-state index in [2.05, 4.69) is 5.32 Å². The minimum Gasteiger partial charge on any atom is -0.382 e. The van der Waals surface area contributed by atoms with Crippen LogP contribution in [-0.2, 0) is 11.2 Å². The van der Waals surface area contributed by atoms with Gasteiger partial charge in [-0.3, -0.25) is 4.79 Å². The molecule has 1 aromatic carbocycles. The van der Waals surface area contributed by atoms with Gasteiger partial charge in [0, 0.05) is 12.6 Å². The van der Waals surface area contributed by atoms with E-state index in [4.69, 9.17) is 5.73 Å². The third-order valence-corrected chi connectivity index (χ3v) is 2.34. The molecule has 88 valence electrons. The van der Waals surface area contributed by atoms with Crippen LogP contribution in [0.25, 0.3) is 0 Å². The van der Waals surface area contributed by atoms with Gasteiger partial charge in [-0.15, -0.1) is 0 Å². The summed E-state index contributed by atoms with van der Waals surface area (Å²) in [5.74, 6) is -0.411. The molecule has 4 heteroatoms. The fourth-order valence-corrected chi connectivity index (χ4v) is 1.47. The molecule has 0 radical (unpaired) electrons. The van der Waals surface area contributed by atoms with Gasteiger partial charge in [0.1, 0.15) is 6.10 Å². The zero-order chi connectivity index (χ0) is 12.0. The van der Waals surface area contributed by atoms with Gasteiger partial charge in [-0.05, 0) is 18.9 Å². The fourth-order valence-electron chi connectivity index (χ4n) is 1.47. The van der Waals surface area contributed by atoms with E-state index in [1.54, 1.807) is 6.92 Å². The first-order valence-corrected chi connectivity index (χ1v) is 5.40. The van der Waals surface area contributed by atoms with Crippen LogP contribution in [0.1, 0.15) is 12.5 Å². The maximum atomic E-state index is 11.3. The van der Waals surface area contributed by atoms with Crippen molar-refractivity contribution in [3.63, 3.8) is 0 Å². The number of benzene rings is 1. The number of rotatable bonds is 5. The van der Waals surface area contributed by atoms with Crippen molar-refractivity contribution in [1.82, 2.24) is 5.32 Å². The molecule has 16 heavy (non-hydrogen) atoms. The molecule has 0 aliphatic carbocycles. The summed E-state index contributed by atoms with van der Waals surface area (Å²) >= 11 is 0. The first kappa shape index (κ1) is 12.7. The Kier molecular flexibility index (Phi) is 4.95. The van der Waals surface area contributed by atoms with Gasteiger partial charge in [0.25, 0.3) is 0 Å². The second-order valence-corrected chi connectivity index (χ2v) is 3.69. The van der Waals surface area contributed by atoms with E-state index in [0.717, 1.165) is 5.56 Å². The van der Waals surface area contributed by atoms with Crippen LogP contribution < -0.4 is 11.1 Å². The standard InChI is InChI=1S/C12H18N2O2/c1-2-14-12(16)11(15)10(13)8-9-6-4-3-5-7-9/h3-7,10-11,15H,2,8,13H2,1H3,(H,14,16)/t10-,11+/m0/s1. The van der Waals surface area contributed by atoms with E-state index in [9.17, 15) is 9.90 Å². The van der Waals surface area contributed by atoms with Crippen LogP contribution in [0.15, 0.2) is 30.3 Å². The zero-order valence-corrected chi connectivity index (χ0v) is 9.39. The lowest BCUT2D eigenvalue weighted by atomic mass is 10.0. The lowest BCUT2D eigenvalue weighted by molar-refractivity contribution is -0.130. The van der Waals surface area contributed by atoms with Crippen molar-refractivity contribution in [2.45, 2.75) is 25.5 Å². The molecule has 2 atom stereocenters. The Morgan fingerprint density at radius 3 is 2.62 bits per heavy atom. The minimum atomic E-state index is -1.15. The number of carbonyl (C=O) groups is 1. The molecule has 0 unspecified atom stereocenters. The van der Waals surface area contributed by atoms with E-state index in [1.807, 2.05) is 30.3 Å². The zero-order valence-electron chi connectivity index (χ0n) is 9.39. The van der Waals surface area contributed by atoms with Crippen molar-refractivity contribution in [3.05, 3.63) is 35.9 Å². The number of hydrogen-bond acceptors (Lipinski definition) is 3. The average molecular weight is 222 g/mol. The van der Waals surface area contributed by atoms with Gasteiger partial charge in [0.2, 0.25) is 5.91 Å². The van der Waals surface area contributed by atoms with E-state index in [0.29, 0.717) is 13.0 Å². The van der Waals surface area contributed by atoms with Crippen molar-refractivity contribution in [2.24, 2.45) is 5.73 Å². The van der Waals surface area contributed by atoms with Gasteiger partial charge in [0.15, 0.2) is 0 Å². The molecule has 0 saturated heterocycles. The summed E-state index contributed by atoms with van der Waals surface area (Å²) in [6.07, 6.45) is -0.667. The van der Waals surface area contributed by atoms with Gasteiger partial charge in [-0.25, -0.2) is 0 Å². The molecule has 0 aromatic heterocycles. The average Bonchev–Trinajstić information content (AvgIpc) is 2.29. The van der Waals surface area contributed by atoms with Crippen molar-refractivity contribution in [2.75, 3.05) is 6.54 Å². The number of nitrogens with one attached hydrogen (secondary N) is 1. The van der Waals surface area contributed by atoms with Crippen LogP contribution in [0, 0.1) is 0 Å². The largest absolute Gasteiger partial charge is 0.382 e. The quantitative estimate of drug-likeness (QED) is 0.659. The van der Waals surface area contributed by atoms with Gasteiger partial charge in [-0.2, -0.15) is 0 Å². The third kappa shape index (κ3) is 3.64. The van der Waals surface area contributed by atoms with Gasteiger partial charge in [0.05, 0.1) is 0 Å². The predicted molar refractivity (Wildman–Crippen MR) is 62.8 cm³/mol. The maximum Gasteiger partial charge on any atom is 0.250 e. The maximum absolute atomic E-state index is 11.3. The highest BCUT2D eigenvalue weighted by molar-refractivity contribution is 5.81. The van der Waals surface area contributed by atoms with Crippen molar-refractivity contribution < 1.29 is 9.90 Å². The Morgan fingerprint density at radius 1 is 1.44 bits per heavy atom. The molecule has 1 rings (SSSR count). The summed E-state index contributed by atoms with van der Waals surface area (Å²) < 4.78 is 0. The second kappa shape index (κ2) is 6.25. The summed E-state index contributed by atoms with van der Waals surface area (Å²) in [6.45, 7) is 2.29. The van der Waals surface area contributed by atoms with Crippen LogP contribution in [0.3, 0.4) is 0 Å². The molecule has 0 bridgehead atoms. The monoisotopic (exact) mass is 222 g/mol. The Labute approximate surface area is 95.5 Å². The Bertz CT molecular complexity index is 327. The van der Waals surface area contributed by atoms with Crippen LogP contribution in [0.4, 0.5) is 0 Å². The van der Waals surface area contributed by atoms with Crippen LogP contribution in [0.5, 0.6) is 0 Å². The molecule has 4 N–H and O–H groups in total. The van der Waals surface area contributed by atoms with Crippen molar-refractivity contribution >= 4 is 5.91 Å². The number of carbonyl (C=O) groups excluding carboxylic acids is 1. The van der Waals surface area contributed by atoms with E-state index < -0.39 is 18.1 Å². The van der Waals surface area contributed by atoms with Crippen molar-refractivity contribution in [3.8, 4) is 0 Å². The highest BCUT2D eigenvalue weighted by Crippen LogP contribution is 2.04. The summed E-state index contributed by atoms with van der Waals surface area (Å²) in [5.41, 5.74) is 6.78. The lowest BCUT2D eigenvalue weighted by Crippen LogP contribution is -2.47. The first-order valence-electron chi connectivity index (χ1n) is 5.40. The molecule has 0 fully saturated rings. The van der Waals surface area contributed by atoms with Crippen LogP contribution in [-0.4, -0.2) is 29.7 Å². The molecule has 4 nitrogen and oxygen atoms in total. The SMILES string of the molecule is CCNC(=O)[C@H](O)[C@@H](N)Cc1ccccc1. The summed E-state index contributed by atoms with van der Waals surface area (Å²) in [6, 6.07) is 8.99. The predicted octanol–water partition coefficient (Wildman–Crippen LogP) is 0.0534. The second-order valence-electron chi connectivity index (χ2n) is 3.69. The molecular weight excluding hydrogens is 204 g/mol. The summed E-state index contributed by atoms with van der Waals surface area (Å²) in [5, 5.41) is 12.2. The molecule has 0 heterocycles. The highest BCUT2D eigenvalue weighted by atomic mass is 16.3. The number of nitrogens with two attached hydrogens (primary N) is 1. The van der Waals surface area contributed by atoms with Crippen LogP contribution >= 0.6 is 0 Å².